The van der Waals surface area contributed by atoms with Gasteiger partial charge < -0.3 is 9.64 Å². The number of likely N-dealkylation sites (N-methyl/N-ethyl adjacent to an activating group) is 1. The maximum absolute atomic E-state index is 13.4. The Kier molecular flexibility index (Phi) is 5.25. The summed E-state index contributed by atoms with van der Waals surface area (Å²) in [6.07, 6.45) is 1.26. The maximum Gasteiger partial charge on any atom is 0.228 e. The third-order valence-corrected chi connectivity index (χ3v) is 6.51. The van der Waals surface area contributed by atoms with Gasteiger partial charge in [0.25, 0.3) is 0 Å². The number of benzene rings is 1. The molecule has 2 fully saturated rings. The van der Waals surface area contributed by atoms with Crippen molar-refractivity contribution in [3.05, 3.63) is 41.2 Å². The summed E-state index contributed by atoms with van der Waals surface area (Å²) in [5.41, 5.74) is 1.47. The predicted molar refractivity (Wildman–Crippen MR) is 103 cm³/mol. The molecule has 0 saturated carbocycles. The van der Waals surface area contributed by atoms with Crippen molar-refractivity contribution in [3.8, 4) is 10.6 Å². The minimum atomic E-state index is -0.279. The fourth-order valence-corrected chi connectivity index (χ4v) is 4.92. The molecule has 7 heteroatoms. The second kappa shape index (κ2) is 7.66. The summed E-state index contributed by atoms with van der Waals surface area (Å²) in [6, 6.07) is 6.40. The van der Waals surface area contributed by atoms with Crippen LogP contribution in [0.1, 0.15) is 19.0 Å². The highest BCUT2D eigenvalue weighted by Crippen LogP contribution is 2.31. The van der Waals surface area contributed by atoms with Crippen LogP contribution in [0.25, 0.3) is 10.6 Å². The number of hydrogen-bond acceptors (Lipinski definition) is 5. The van der Waals surface area contributed by atoms with Crippen LogP contribution in [0.2, 0.25) is 0 Å². The van der Waals surface area contributed by atoms with Gasteiger partial charge in [0, 0.05) is 37.2 Å². The molecule has 1 aromatic heterocycles. The van der Waals surface area contributed by atoms with Crippen molar-refractivity contribution >= 4 is 17.2 Å². The van der Waals surface area contributed by atoms with Crippen molar-refractivity contribution in [2.24, 2.45) is 0 Å². The van der Waals surface area contributed by atoms with Crippen LogP contribution in [0.15, 0.2) is 29.6 Å². The van der Waals surface area contributed by atoms with Gasteiger partial charge in [-0.05, 0) is 25.1 Å². The van der Waals surface area contributed by atoms with Crippen LogP contribution in [0.4, 0.5) is 4.39 Å². The molecule has 2 saturated heterocycles. The highest BCUT2D eigenvalue weighted by atomic mass is 32.1. The van der Waals surface area contributed by atoms with Crippen molar-refractivity contribution in [3.63, 3.8) is 0 Å². The molecule has 1 amide bonds. The van der Waals surface area contributed by atoms with E-state index in [-0.39, 0.29) is 23.7 Å². The zero-order valence-corrected chi connectivity index (χ0v) is 16.3. The monoisotopic (exact) mass is 389 g/mol. The molecule has 0 radical (unpaired) electrons. The molecular formula is C20H24FN3O2S. The molecule has 1 aromatic carbocycles. The molecular weight excluding hydrogens is 365 g/mol. The number of nitrogens with zero attached hydrogens (tertiary/aromatic N) is 3. The van der Waals surface area contributed by atoms with Gasteiger partial charge in [-0.25, -0.2) is 9.37 Å². The number of hydrogen-bond donors (Lipinski definition) is 0. The fourth-order valence-electron chi connectivity index (χ4n) is 4.10. The van der Waals surface area contributed by atoms with Crippen molar-refractivity contribution in [1.82, 2.24) is 14.8 Å². The summed E-state index contributed by atoms with van der Waals surface area (Å²) in [5, 5.41) is 2.64. The number of thiazole rings is 1. The Labute approximate surface area is 162 Å². The number of aromatic nitrogens is 1. The SMILES string of the molecule is CCN1CCN(C(=O)Cc2csc(-c3cccc(F)c3)n2)CC12CCOC2. The van der Waals surface area contributed by atoms with Gasteiger partial charge in [-0.3, -0.25) is 9.69 Å². The number of amides is 1. The molecule has 0 N–H and O–H groups in total. The summed E-state index contributed by atoms with van der Waals surface area (Å²) in [5.74, 6) is -0.175. The summed E-state index contributed by atoms with van der Waals surface area (Å²) in [7, 11) is 0. The Balaban J connectivity index is 1.44. The molecule has 144 valence electrons. The van der Waals surface area contributed by atoms with Crippen LogP contribution in [-0.2, 0) is 16.0 Å². The molecule has 0 aliphatic carbocycles. The van der Waals surface area contributed by atoms with Gasteiger partial charge in [0.05, 0.1) is 24.3 Å². The first-order valence-electron chi connectivity index (χ1n) is 9.40. The van der Waals surface area contributed by atoms with E-state index in [1.165, 1.54) is 23.5 Å². The lowest BCUT2D eigenvalue weighted by Crippen LogP contribution is -2.63. The molecule has 1 unspecified atom stereocenters. The highest BCUT2D eigenvalue weighted by molar-refractivity contribution is 7.13. The molecule has 2 aromatic rings. The van der Waals surface area contributed by atoms with E-state index in [1.807, 2.05) is 16.3 Å². The summed E-state index contributed by atoms with van der Waals surface area (Å²) in [6.45, 7) is 6.97. The Morgan fingerprint density at radius 3 is 3.04 bits per heavy atom. The van der Waals surface area contributed by atoms with Gasteiger partial charge in [0.1, 0.15) is 10.8 Å². The standard InChI is InChI=1S/C20H24FN3O2S/c1-2-24-8-7-23(13-20(24)6-9-26-14-20)18(25)11-17-12-27-19(22-17)15-4-3-5-16(21)10-15/h3-5,10,12H,2,6-9,11,13-14H2,1H3. The van der Waals surface area contributed by atoms with Crippen LogP contribution in [0.5, 0.6) is 0 Å². The van der Waals surface area contributed by atoms with Crippen LogP contribution in [0, 0.1) is 5.82 Å². The van der Waals surface area contributed by atoms with E-state index in [0.717, 1.165) is 55.5 Å². The van der Waals surface area contributed by atoms with Crippen LogP contribution >= 0.6 is 11.3 Å². The second-order valence-corrected chi connectivity index (χ2v) is 8.11. The number of carbonyl (C=O) groups is 1. The lowest BCUT2D eigenvalue weighted by atomic mass is 9.92. The lowest BCUT2D eigenvalue weighted by Gasteiger charge is -2.48. The number of ether oxygens (including phenoxy) is 1. The van der Waals surface area contributed by atoms with E-state index in [2.05, 4.69) is 16.8 Å². The smallest absolute Gasteiger partial charge is 0.228 e. The van der Waals surface area contributed by atoms with Crippen LogP contribution in [-0.4, -0.2) is 65.6 Å². The Morgan fingerprint density at radius 2 is 2.30 bits per heavy atom. The quantitative estimate of drug-likeness (QED) is 0.807. The number of carbonyl (C=O) groups excluding carboxylic acids is 1. The Morgan fingerprint density at radius 1 is 1.41 bits per heavy atom. The zero-order chi connectivity index (χ0) is 18.9. The van der Waals surface area contributed by atoms with Gasteiger partial charge in [-0.15, -0.1) is 11.3 Å². The van der Waals surface area contributed by atoms with Crippen LogP contribution in [0.3, 0.4) is 0 Å². The average molecular weight is 389 g/mol. The van der Waals surface area contributed by atoms with Gasteiger partial charge in [0.2, 0.25) is 5.91 Å². The average Bonchev–Trinajstić information content (AvgIpc) is 3.32. The second-order valence-electron chi connectivity index (χ2n) is 7.25. The molecule has 3 heterocycles. The summed E-state index contributed by atoms with van der Waals surface area (Å²) in [4.78, 5) is 21.8. The summed E-state index contributed by atoms with van der Waals surface area (Å²) >= 11 is 1.45. The van der Waals surface area contributed by atoms with E-state index in [1.54, 1.807) is 6.07 Å². The zero-order valence-electron chi connectivity index (χ0n) is 15.5. The maximum atomic E-state index is 13.4. The number of piperazine rings is 1. The largest absolute Gasteiger partial charge is 0.379 e. The third-order valence-electron chi connectivity index (χ3n) is 5.57. The molecule has 27 heavy (non-hydrogen) atoms. The molecule has 2 aliphatic rings. The molecule has 1 atom stereocenters. The van der Waals surface area contributed by atoms with Crippen molar-refractivity contribution in [2.45, 2.75) is 25.3 Å². The normalized spacial score (nSPS) is 23.3. The molecule has 1 spiro atoms. The van der Waals surface area contributed by atoms with E-state index in [9.17, 15) is 9.18 Å². The van der Waals surface area contributed by atoms with Gasteiger partial charge >= 0.3 is 0 Å². The van der Waals surface area contributed by atoms with Crippen molar-refractivity contribution < 1.29 is 13.9 Å². The first kappa shape index (κ1) is 18.5. The molecule has 2 aliphatic heterocycles. The van der Waals surface area contributed by atoms with E-state index < -0.39 is 0 Å². The van der Waals surface area contributed by atoms with Gasteiger partial charge in [-0.1, -0.05) is 19.1 Å². The lowest BCUT2D eigenvalue weighted by molar-refractivity contribution is -0.136. The van der Waals surface area contributed by atoms with Gasteiger partial charge in [-0.2, -0.15) is 0 Å². The first-order chi connectivity index (χ1) is 13.1. The summed E-state index contributed by atoms with van der Waals surface area (Å²) < 4.78 is 19.1. The topological polar surface area (TPSA) is 45.7 Å². The minimum Gasteiger partial charge on any atom is -0.379 e. The molecule has 4 rings (SSSR count). The first-order valence-corrected chi connectivity index (χ1v) is 10.3. The van der Waals surface area contributed by atoms with Crippen molar-refractivity contribution in [2.75, 3.05) is 39.4 Å². The minimum absolute atomic E-state index is 0.0303. The molecule has 5 nitrogen and oxygen atoms in total. The van der Waals surface area contributed by atoms with Gasteiger partial charge in [0.15, 0.2) is 0 Å². The number of halogens is 1. The van der Waals surface area contributed by atoms with E-state index in [4.69, 9.17) is 4.74 Å². The Hall–Kier alpha value is -1.83. The fraction of sp³-hybridized carbons (Fsp3) is 0.500. The predicted octanol–water partition coefficient (Wildman–Crippen LogP) is 2.81. The van der Waals surface area contributed by atoms with E-state index in [0.29, 0.717) is 6.61 Å². The van der Waals surface area contributed by atoms with Crippen LogP contribution < -0.4 is 0 Å². The van der Waals surface area contributed by atoms with E-state index >= 15 is 0 Å². The number of rotatable bonds is 4. The van der Waals surface area contributed by atoms with Crippen molar-refractivity contribution in [1.29, 1.82) is 0 Å². The highest BCUT2D eigenvalue weighted by Gasteiger charge is 2.45. The Bertz CT molecular complexity index is 819. The third kappa shape index (κ3) is 3.77. The molecule has 0 bridgehead atoms.